The second-order valence-corrected chi connectivity index (χ2v) is 7.20. The van der Waals surface area contributed by atoms with E-state index in [4.69, 9.17) is 5.73 Å². The summed E-state index contributed by atoms with van der Waals surface area (Å²) in [5.41, 5.74) is 10.1. The molecule has 2 N–H and O–H groups in total. The van der Waals surface area contributed by atoms with E-state index in [1.165, 1.54) is 61.8 Å². The lowest BCUT2D eigenvalue weighted by atomic mass is 9.93. The molecule has 0 saturated heterocycles. The monoisotopic (exact) mass is 298 g/mol. The molecule has 3 rings (SSSR count). The lowest BCUT2D eigenvalue weighted by molar-refractivity contribution is 0.427. The van der Waals surface area contributed by atoms with Crippen molar-refractivity contribution in [3.05, 3.63) is 35.4 Å². The molecule has 1 aromatic carbocycles. The number of allylic oxidation sites excluding steroid dienone is 1. The van der Waals surface area contributed by atoms with Crippen molar-refractivity contribution in [2.45, 2.75) is 64.0 Å². The summed E-state index contributed by atoms with van der Waals surface area (Å²) < 4.78 is 0. The maximum atomic E-state index is 6.16. The van der Waals surface area contributed by atoms with Crippen molar-refractivity contribution in [2.24, 2.45) is 11.7 Å². The van der Waals surface area contributed by atoms with Crippen LogP contribution in [0.5, 0.6) is 0 Å². The largest absolute Gasteiger partial charge is 0.372 e. The van der Waals surface area contributed by atoms with Gasteiger partial charge in [-0.25, -0.2) is 0 Å². The lowest BCUT2D eigenvalue weighted by Crippen LogP contribution is -2.33. The Hall–Kier alpha value is -1.28. The molecule has 0 aromatic heterocycles. The van der Waals surface area contributed by atoms with Crippen LogP contribution in [0.25, 0.3) is 6.08 Å². The third kappa shape index (κ3) is 3.73. The van der Waals surface area contributed by atoms with E-state index in [1.54, 1.807) is 0 Å². The molecule has 0 aliphatic heterocycles. The fourth-order valence-electron chi connectivity index (χ4n) is 3.55. The minimum Gasteiger partial charge on any atom is -0.372 e. The van der Waals surface area contributed by atoms with Crippen LogP contribution in [-0.2, 0) is 0 Å². The highest BCUT2D eigenvalue weighted by Crippen LogP contribution is 2.33. The number of hydrogen-bond donors (Lipinski definition) is 1. The van der Waals surface area contributed by atoms with Gasteiger partial charge < -0.3 is 10.6 Å². The topological polar surface area (TPSA) is 29.3 Å². The molecule has 22 heavy (non-hydrogen) atoms. The Labute approximate surface area is 135 Å². The van der Waals surface area contributed by atoms with Crippen molar-refractivity contribution < 1.29 is 0 Å². The third-order valence-corrected chi connectivity index (χ3v) is 5.26. The third-order valence-electron chi connectivity index (χ3n) is 5.26. The van der Waals surface area contributed by atoms with Crippen molar-refractivity contribution in [2.75, 3.05) is 11.9 Å². The first-order valence-electron chi connectivity index (χ1n) is 8.95. The average Bonchev–Trinajstić information content (AvgIpc) is 3.37. The Morgan fingerprint density at radius 1 is 1.14 bits per heavy atom. The van der Waals surface area contributed by atoms with Gasteiger partial charge in [-0.15, -0.1) is 0 Å². The standard InChI is InChI=1S/C20H30N2/c1-15(21)20-13-12-19(14-17(20)11-10-16-8-9-16)22(2)18-6-4-3-5-7-18/h10-16,18H,3-9,21H2,1-2H3/b11-10+/t15-/m0/s1. The molecule has 0 heterocycles. The van der Waals surface area contributed by atoms with Crippen molar-refractivity contribution in [3.8, 4) is 0 Å². The smallest absolute Gasteiger partial charge is 0.0372 e. The minimum absolute atomic E-state index is 0.0906. The molecule has 0 amide bonds. The van der Waals surface area contributed by atoms with E-state index in [1.807, 2.05) is 0 Å². The summed E-state index contributed by atoms with van der Waals surface area (Å²) in [6, 6.07) is 7.61. The van der Waals surface area contributed by atoms with Gasteiger partial charge in [-0.1, -0.05) is 37.5 Å². The maximum absolute atomic E-state index is 6.16. The first-order valence-corrected chi connectivity index (χ1v) is 8.95. The van der Waals surface area contributed by atoms with Crippen LogP contribution in [0.3, 0.4) is 0 Å². The molecule has 2 saturated carbocycles. The van der Waals surface area contributed by atoms with Crippen LogP contribution in [0.1, 0.15) is 69.0 Å². The van der Waals surface area contributed by atoms with Crippen molar-refractivity contribution in [1.29, 1.82) is 0 Å². The van der Waals surface area contributed by atoms with Crippen molar-refractivity contribution in [1.82, 2.24) is 0 Å². The van der Waals surface area contributed by atoms with Gasteiger partial charge >= 0.3 is 0 Å². The van der Waals surface area contributed by atoms with E-state index in [0.717, 1.165) is 5.92 Å². The zero-order valence-corrected chi connectivity index (χ0v) is 14.1. The van der Waals surface area contributed by atoms with E-state index in [-0.39, 0.29) is 6.04 Å². The summed E-state index contributed by atoms with van der Waals surface area (Å²) in [5.74, 6) is 0.806. The first-order chi connectivity index (χ1) is 10.6. The summed E-state index contributed by atoms with van der Waals surface area (Å²) in [5, 5.41) is 0. The highest BCUT2D eigenvalue weighted by Gasteiger charge is 2.20. The molecule has 2 aliphatic carbocycles. The Morgan fingerprint density at radius 3 is 2.50 bits per heavy atom. The highest BCUT2D eigenvalue weighted by atomic mass is 15.1. The summed E-state index contributed by atoms with van der Waals surface area (Å²) >= 11 is 0. The molecule has 1 atom stereocenters. The predicted molar refractivity (Wildman–Crippen MR) is 96.1 cm³/mol. The summed E-state index contributed by atoms with van der Waals surface area (Å²) in [4.78, 5) is 2.48. The van der Waals surface area contributed by atoms with E-state index >= 15 is 0 Å². The van der Waals surface area contributed by atoms with Crippen LogP contribution in [0.15, 0.2) is 24.3 Å². The average molecular weight is 298 g/mol. The molecular weight excluding hydrogens is 268 g/mol. The molecule has 2 aliphatic rings. The van der Waals surface area contributed by atoms with Gasteiger partial charge in [-0.2, -0.15) is 0 Å². The second-order valence-electron chi connectivity index (χ2n) is 7.20. The van der Waals surface area contributed by atoms with E-state index in [0.29, 0.717) is 6.04 Å². The molecule has 0 bridgehead atoms. The zero-order valence-electron chi connectivity index (χ0n) is 14.1. The highest BCUT2D eigenvalue weighted by molar-refractivity contribution is 5.63. The molecular formula is C20H30N2. The van der Waals surface area contributed by atoms with Gasteiger partial charge in [0.15, 0.2) is 0 Å². The molecule has 1 aromatic rings. The summed E-state index contributed by atoms with van der Waals surface area (Å²) in [7, 11) is 2.26. The normalized spacial score (nSPS) is 21.2. The number of hydrogen-bond acceptors (Lipinski definition) is 2. The van der Waals surface area contributed by atoms with Crippen LogP contribution in [0.2, 0.25) is 0 Å². The quantitative estimate of drug-likeness (QED) is 0.838. The van der Waals surface area contributed by atoms with Gasteiger partial charge in [0.25, 0.3) is 0 Å². The molecule has 2 fully saturated rings. The molecule has 0 spiro atoms. The predicted octanol–water partition coefficient (Wildman–Crippen LogP) is 4.90. The number of rotatable bonds is 5. The Bertz CT molecular complexity index is 523. The maximum Gasteiger partial charge on any atom is 0.0372 e. The van der Waals surface area contributed by atoms with E-state index in [9.17, 15) is 0 Å². The molecule has 2 nitrogen and oxygen atoms in total. The lowest BCUT2D eigenvalue weighted by Gasteiger charge is -2.33. The summed E-state index contributed by atoms with van der Waals surface area (Å²) in [6.45, 7) is 2.08. The van der Waals surface area contributed by atoms with E-state index in [2.05, 4.69) is 49.2 Å². The van der Waals surface area contributed by atoms with Gasteiger partial charge in [-0.05, 0) is 61.8 Å². The Balaban J connectivity index is 1.82. The van der Waals surface area contributed by atoms with Crippen LogP contribution in [0.4, 0.5) is 5.69 Å². The zero-order chi connectivity index (χ0) is 15.5. The molecule has 0 unspecified atom stereocenters. The van der Waals surface area contributed by atoms with Crippen LogP contribution in [-0.4, -0.2) is 13.1 Å². The second kappa shape index (κ2) is 6.87. The Kier molecular flexibility index (Phi) is 4.87. The minimum atomic E-state index is 0.0906. The Morgan fingerprint density at radius 2 is 1.86 bits per heavy atom. The summed E-state index contributed by atoms with van der Waals surface area (Å²) in [6.07, 6.45) is 14.2. The fourth-order valence-corrected chi connectivity index (χ4v) is 3.55. The molecule has 120 valence electrons. The fraction of sp³-hybridized carbons (Fsp3) is 0.600. The van der Waals surface area contributed by atoms with Crippen LogP contribution < -0.4 is 10.6 Å². The van der Waals surface area contributed by atoms with Crippen LogP contribution in [0, 0.1) is 5.92 Å². The number of benzene rings is 1. The SMILES string of the molecule is C[C@H](N)c1ccc(N(C)C2CCCCC2)cc1/C=C/C1CC1. The number of anilines is 1. The molecule has 2 heteroatoms. The number of nitrogens with zero attached hydrogens (tertiary/aromatic N) is 1. The number of nitrogens with two attached hydrogens (primary N) is 1. The van der Waals surface area contributed by atoms with Crippen LogP contribution >= 0.6 is 0 Å². The molecule has 0 radical (unpaired) electrons. The van der Waals surface area contributed by atoms with Gasteiger partial charge in [0.05, 0.1) is 0 Å². The van der Waals surface area contributed by atoms with Crippen molar-refractivity contribution >= 4 is 11.8 Å². The first kappa shape index (κ1) is 15.6. The van der Waals surface area contributed by atoms with E-state index < -0.39 is 0 Å². The van der Waals surface area contributed by atoms with Crippen molar-refractivity contribution in [3.63, 3.8) is 0 Å². The van der Waals surface area contributed by atoms with Gasteiger partial charge in [0, 0.05) is 24.8 Å². The van der Waals surface area contributed by atoms with Gasteiger partial charge in [0.2, 0.25) is 0 Å². The van der Waals surface area contributed by atoms with Gasteiger partial charge in [0.1, 0.15) is 0 Å². The van der Waals surface area contributed by atoms with Gasteiger partial charge in [-0.3, -0.25) is 0 Å².